The topological polar surface area (TPSA) is 37.4 Å². The minimum Gasteiger partial charge on any atom is -0.299 e. The van der Waals surface area contributed by atoms with Crippen LogP contribution in [0.1, 0.15) is 34.6 Å². The van der Waals surface area contributed by atoms with E-state index in [1.54, 1.807) is 20.8 Å². The molecule has 0 unspecified atom stereocenters. The molecule has 0 amide bonds. The zero-order chi connectivity index (χ0) is 13.2. The Hall–Kier alpha value is 0.390. The van der Waals surface area contributed by atoms with Crippen LogP contribution in [0.4, 0.5) is 0 Å². The Morgan fingerprint density at radius 2 is 1.56 bits per heavy atom. The Bertz CT molecular complexity index is 317. The van der Waals surface area contributed by atoms with Crippen LogP contribution in [0.5, 0.6) is 0 Å². The van der Waals surface area contributed by atoms with Crippen molar-refractivity contribution in [2.45, 2.75) is 44.9 Å². The number of alkyl halides is 1. The molecule has 98 valence electrons. The van der Waals surface area contributed by atoms with E-state index in [-0.39, 0.29) is 11.3 Å². The van der Waals surface area contributed by atoms with Gasteiger partial charge < -0.3 is 0 Å². The Labute approximate surface area is 109 Å². The highest BCUT2D eigenvalue weighted by atomic mass is 79.9. The molecule has 0 aliphatic rings. The molecular weight excluding hydrogens is 290 g/mol. The predicted molar refractivity (Wildman–Crippen MR) is 74.0 cm³/mol. The van der Waals surface area contributed by atoms with Gasteiger partial charge in [0.2, 0.25) is 0 Å². The summed E-state index contributed by atoms with van der Waals surface area (Å²) in [7, 11) is -1.06. The van der Waals surface area contributed by atoms with Crippen molar-refractivity contribution in [2.24, 2.45) is 0 Å². The van der Waals surface area contributed by atoms with Gasteiger partial charge in [-0.2, -0.15) is 0 Å². The monoisotopic (exact) mass is 313 g/mol. The average molecular weight is 314 g/mol. The molecule has 0 spiro atoms. The van der Waals surface area contributed by atoms with Crippen LogP contribution < -0.4 is 0 Å². The number of nitrogens with zero attached hydrogens (tertiary/aromatic N) is 1. The van der Waals surface area contributed by atoms with Gasteiger partial charge in [0.1, 0.15) is 0 Å². The van der Waals surface area contributed by atoms with Gasteiger partial charge in [0.05, 0.1) is 10.5 Å². The van der Waals surface area contributed by atoms with Crippen LogP contribution in [0.2, 0.25) is 0 Å². The fraction of sp³-hybridized carbons (Fsp3) is 1.00. The summed E-state index contributed by atoms with van der Waals surface area (Å²) in [6.07, 6.45) is 0. The second-order valence-corrected chi connectivity index (χ2v) is 9.22. The van der Waals surface area contributed by atoms with E-state index in [0.717, 1.165) is 5.33 Å². The summed E-state index contributed by atoms with van der Waals surface area (Å²) in [6.45, 7) is 9.99. The normalized spacial score (nSPS) is 14.5. The molecular formula is C11H24BrNO2S. The Kier molecular flexibility index (Phi) is 5.49. The molecule has 0 aromatic heterocycles. The molecule has 0 saturated carbocycles. The maximum absolute atomic E-state index is 11.9. The highest BCUT2D eigenvalue weighted by molar-refractivity contribution is 9.09. The molecule has 0 atom stereocenters. The minimum absolute atomic E-state index is 0.0204. The Morgan fingerprint density at radius 3 is 1.88 bits per heavy atom. The van der Waals surface area contributed by atoms with E-state index in [1.807, 2.05) is 7.05 Å². The number of sulfone groups is 1. The van der Waals surface area contributed by atoms with E-state index in [9.17, 15) is 8.42 Å². The summed E-state index contributed by atoms with van der Waals surface area (Å²) < 4.78 is 23.2. The van der Waals surface area contributed by atoms with Crippen molar-refractivity contribution in [1.82, 2.24) is 4.90 Å². The molecule has 0 aliphatic heterocycles. The first kappa shape index (κ1) is 16.4. The lowest BCUT2D eigenvalue weighted by molar-refractivity contribution is 0.192. The summed E-state index contributed by atoms with van der Waals surface area (Å²) in [5.74, 6) is 0.212. The van der Waals surface area contributed by atoms with Gasteiger partial charge in [-0.15, -0.1) is 0 Å². The molecule has 0 rings (SSSR count). The smallest absolute Gasteiger partial charge is 0.156 e. The van der Waals surface area contributed by atoms with E-state index in [1.165, 1.54) is 0 Å². The molecule has 0 radical (unpaired) electrons. The van der Waals surface area contributed by atoms with Gasteiger partial charge in [-0.3, -0.25) is 4.90 Å². The molecule has 0 bridgehead atoms. The van der Waals surface area contributed by atoms with Crippen LogP contribution in [-0.4, -0.2) is 48.3 Å². The maximum atomic E-state index is 11.9. The van der Waals surface area contributed by atoms with Gasteiger partial charge >= 0.3 is 0 Å². The van der Waals surface area contributed by atoms with Crippen molar-refractivity contribution in [3.63, 3.8) is 0 Å². The molecule has 3 nitrogen and oxygen atoms in total. The van der Waals surface area contributed by atoms with E-state index in [2.05, 4.69) is 34.7 Å². The standard InChI is InChI=1S/C11H24BrNO2S/c1-10(2,3)16(14,15)8-7-13(6)11(4,5)9-12/h7-9H2,1-6H3. The van der Waals surface area contributed by atoms with E-state index in [4.69, 9.17) is 0 Å². The molecule has 0 saturated heterocycles. The van der Waals surface area contributed by atoms with Crippen molar-refractivity contribution < 1.29 is 8.42 Å². The Balaban J connectivity index is 4.50. The fourth-order valence-corrected chi connectivity index (χ4v) is 2.52. The molecule has 0 aliphatic carbocycles. The molecule has 0 fully saturated rings. The van der Waals surface area contributed by atoms with Crippen LogP contribution >= 0.6 is 15.9 Å². The van der Waals surface area contributed by atoms with Gasteiger partial charge in [-0.1, -0.05) is 15.9 Å². The average Bonchev–Trinajstić information content (AvgIpc) is 2.12. The SMILES string of the molecule is CN(CCS(=O)(=O)C(C)(C)C)C(C)(C)CBr. The highest BCUT2D eigenvalue weighted by Gasteiger charge is 2.30. The number of hydrogen-bond acceptors (Lipinski definition) is 3. The summed E-state index contributed by atoms with van der Waals surface area (Å²) in [4.78, 5) is 2.07. The van der Waals surface area contributed by atoms with Crippen LogP contribution in [0.25, 0.3) is 0 Å². The van der Waals surface area contributed by atoms with Crippen molar-refractivity contribution in [2.75, 3.05) is 24.7 Å². The van der Waals surface area contributed by atoms with Crippen LogP contribution in [-0.2, 0) is 9.84 Å². The highest BCUT2D eigenvalue weighted by Crippen LogP contribution is 2.19. The first-order valence-electron chi connectivity index (χ1n) is 5.43. The molecule has 0 heterocycles. The summed E-state index contributed by atoms with van der Waals surface area (Å²) in [5.41, 5.74) is -0.0204. The van der Waals surface area contributed by atoms with E-state index < -0.39 is 14.6 Å². The van der Waals surface area contributed by atoms with E-state index >= 15 is 0 Å². The van der Waals surface area contributed by atoms with Crippen LogP contribution in [0.3, 0.4) is 0 Å². The molecule has 5 heteroatoms. The number of hydrogen-bond donors (Lipinski definition) is 0. The summed E-state index contributed by atoms with van der Waals surface area (Å²) in [5, 5.41) is 0.825. The molecule has 0 N–H and O–H groups in total. The lowest BCUT2D eigenvalue weighted by Crippen LogP contribution is -2.46. The van der Waals surface area contributed by atoms with Gasteiger partial charge in [0.15, 0.2) is 9.84 Å². The minimum atomic E-state index is -3.02. The van der Waals surface area contributed by atoms with Crippen molar-refractivity contribution in [3.05, 3.63) is 0 Å². The van der Waals surface area contributed by atoms with Crippen molar-refractivity contribution in [3.8, 4) is 0 Å². The predicted octanol–water partition coefficient (Wildman–Crippen LogP) is 2.31. The number of halogens is 1. The second-order valence-electron chi connectivity index (χ2n) is 5.80. The van der Waals surface area contributed by atoms with Crippen molar-refractivity contribution in [1.29, 1.82) is 0 Å². The van der Waals surface area contributed by atoms with Gasteiger partial charge in [-0.05, 0) is 41.7 Å². The zero-order valence-corrected chi connectivity index (χ0v) is 13.6. The summed E-state index contributed by atoms with van der Waals surface area (Å²) >= 11 is 3.44. The zero-order valence-electron chi connectivity index (χ0n) is 11.2. The van der Waals surface area contributed by atoms with Gasteiger partial charge in [0, 0.05) is 17.4 Å². The first-order chi connectivity index (χ1) is 6.94. The summed E-state index contributed by atoms with van der Waals surface area (Å²) in [6, 6.07) is 0. The van der Waals surface area contributed by atoms with Crippen molar-refractivity contribution >= 4 is 25.8 Å². The third-order valence-electron chi connectivity index (χ3n) is 2.99. The molecule has 16 heavy (non-hydrogen) atoms. The molecule has 0 aromatic carbocycles. The Morgan fingerprint density at radius 1 is 1.12 bits per heavy atom. The fourth-order valence-electron chi connectivity index (χ4n) is 0.968. The van der Waals surface area contributed by atoms with Gasteiger partial charge in [-0.25, -0.2) is 8.42 Å². The maximum Gasteiger partial charge on any atom is 0.156 e. The third kappa shape index (κ3) is 4.34. The number of rotatable bonds is 5. The van der Waals surface area contributed by atoms with E-state index in [0.29, 0.717) is 6.54 Å². The van der Waals surface area contributed by atoms with Crippen LogP contribution in [0, 0.1) is 0 Å². The lowest BCUT2D eigenvalue weighted by atomic mass is 10.1. The quantitative estimate of drug-likeness (QED) is 0.731. The lowest BCUT2D eigenvalue weighted by Gasteiger charge is -2.34. The second kappa shape index (κ2) is 5.36. The largest absolute Gasteiger partial charge is 0.299 e. The van der Waals surface area contributed by atoms with Gasteiger partial charge in [0.25, 0.3) is 0 Å². The van der Waals surface area contributed by atoms with Crippen LogP contribution in [0.15, 0.2) is 0 Å². The third-order valence-corrected chi connectivity index (χ3v) is 6.95. The first-order valence-corrected chi connectivity index (χ1v) is 8.21. The molecule has 0 aromatic rings.